The summed E-state index contributed by atoms with van der Waals surface area (Å²) in [7, 11) is 0. The fourth-order valence-corrected chi connectivity index (χ4v) is 2.74. The van der Waals surface area contributed by atoms with Crippen molar-refractivity contribution in [3.63, 3.8) is 0 Å². The summed E-state index contributed by atoms with van der Waals surface area (Å²) in [5.74, 6) is -0.704. The molecule has 1 saturated heterocycles. The number of amides is 2. The highest BCUT2D eigenvalue weighted by Crippen LogP contribution is 2.18. The highest BCUT2D eigenvalue weighted by molar-refractivity contribution is 9.10. The Bertz CT molecular complexity index is 588. The molecule has 1 aromatic carbocycles. The zero-order chi connectivity index (χ0) is 17.2. The Balaban J connectivity index is 1.96. The van der Waals surface area contributed by atoms with Crippen LogP contribution in [0.25, 0.3) is 0 Å². The lowest BCUT2D eigenvalue weighted by Crippen LogP contribution is -2.51. The molecule has 7 heteroatoms. The molecule has 23 heavy (non-hydrogen) atoms. The molecular weight excluding hydrogens is 367 g/mol. The van der Waals surface area contributed by atoms with Gasteiger partial charge in [0.05, 0.1) is 0 Å². The Kier molecular flexibility index (Phi) is 5.29. The minimum atomic E-state index is -0.544. The van der Waals surface area contributed by atoms with Crippen molar-refractivity contribution in [1.29, 1.82) is 0 Å². The van der Waals surface area contributed by atoms with E-state index in [-0.39, 0.29) is 12.0 Å². The molecule has 2 rings (SSSR count). The molecule has 0 aromatic heterocycles. The van der Waals surface area contributed by atoms with Crippen LogP contribution in [0.2, 0.25) is 0 Å². The topological polar surface area (TPSA) is 49.9 Å². The molecule has 1 aromatic rings. The van der Waals surface area contributed by atoms with Gasteiger partial charge in [0.15, 0.2) is 0 Å². The van der Waals surface area contributed by atoms with Gasteiger partial charge in [0.25, 0.3) is 5.91 Å². The van der Waals surface area contributed by atoms with Crippen LogP contribution < -0.4 is 0 Å². The van der Waals surface area contributed by atoms with Crippen LogP contribution in [-0.4, -0.2) is 53.6 Å². The van der Waals surface area contributed by atoms with E-state index in [2.05, 4.69) is 15.9 Å². The Labute approximate surface area is 143 Å². The molecule has 0 radical (unpaired) electrons. The highest BCUT2D eigenvalue weighted by atomic mass is 79.9. The average molecular weight is 387 g/mol. The first-order chi connectivity index (χ1) is 10.7. The van der Waals surface area contributed by atoms with E-state index in [0.717, 1.165) is 0 Å². The maximum Gasteiger partial charge on any atom is 0.410 e. The monoisotopic (exact) mass is 386 g/mol. The number of ether oxygens (including phenoxy) is 1. The van der Waals surface area contributed by atoms with Crippen LogP contribution in [-0.2, 0) is 4.74 Å². The van der Waals surface area contributed by atoms with E-state index in [0.29, 0.717) is 36.2 Å². The van der Waals surface area contributed by atoms with Gasteiger partial charge in [-0.2, -0.15) is 0 Å². The minimum absolute atomic E-state index is 0.242. The molecule has 0 saturated carbocycles. The summed E-state index contributed by atoms with van der Waals surface area (Å²) in [6.07, 6.45) is -0.377. The molecule has 0 atom stereocenters. The SMILES string of the molecule is CC(C)(C)OC(=O)N1CCN(C(=O)c2cc(F)cc(Br)c2)CC1. The number of rotatable bonds is 1. The van der Waals surface area contributed by atoms with Crippen LogP contribution in [0, 0.1) is 5.82 Å². The highest BCUT2D eigenvalue weighted by Gasteiger charge is 2.28. The Morgan fingerprint density at radius 3 is 2.17 bits per heavy atom. The number of hydrogen-bond donors (Lipinski definition) is 0. The number of piperazine rings is 1. The van der Waals surface area contributed by atoms with E-state index in [1.54, 1.807) is 15.9 Å². The molecule has 5 nitrogen and oxygen atoms in total. The van der Waals surface area contributed by atoms with Gasteiger partial charge in [-0.1, -0.05) is 15.9 Å². The zero-order valence-electron chi connectivity index (χ0n) is 13.4. The molecule has 1 fully saturated rings. The van der Waals surface area contributed by atoms with Crippen molar-refractivity contribution in [2.75, 3.05) is 26.2 Å². The smallest absolute Gasteiger partial charge is 0.410 e. The quantitative estimate of drug-likeness (QED) is 0.743. The molecule has 0 unspecified atom stereocenters. The third-order valence-corrected chi connectivity index (χ3v) is 3.79. The lowest BCUT2D eigenvalue weighted by molar-refractivity contribution is 0.0141. The predicted molar refractivity (Wildman–Crippen MR) is 87.8 cm³/mol. The standard InChI is InChI=1S/C16H20BrFN2O3/c1-16(2,3)23-15(22)20-6-4-19(5-7-20)14(21)11-8-12(17)10-13(18)9-11/h8-10H,4-7H2,1-3H3. The lowest BCUT2D eigenvalue weighted by atomic mass is 10.1. The van der Waals surface area contributed by atoms with Crippen molar-refractivity contribution in [3.8, 4) is 0 Å². The van der Waals surface area contributed by atoms with Gasteiger partial charge in [0.1, 0.15) is 11.4 Å². The van der Waals surface area contributed by atoms with E-state index in [9.17, 15) is 14.0 Å². The second kappa shape index (κ2) is 6.86. The van der Waals surface area contributed by atoms with Crippen molar-refractivity contribution in [3.05, 3.63) is 34.1 Å². The summed E-state index contributed by atoms with van der Waals surface area (Å²) in [6.45, 7) is 7.03. The van der Waals surface area contributed by atoms with Crippen LogP contribution in [0.3, 0.4) is 0 Å². The van der Waals surface area contributed by atoms with Gasteiger partial charge >= 0.3 is 6.09 Å². The normalized spacial score (nSPS) is 15.5. The summed E-state index contributed by atoms with van der Waals surface area (Å²) in [5.41, 5.74) is -0.250. The minimum Gasteiger partial charge on any atom is -0.444 e. The van der Waals surface area contributed by atoms with Crippen molar-refractivity contribution >= 4 is 27.9 Å². The summed E-state index contributed by atoms with van der Waals surface area (Å²) in [5, 5.41) is 0. The molecule has 1 aliphatic rings. The van der Waals surface area contributed by atoms with Gasteiger partial charge in [-0.15, -0.1) is 0 Å². The van der Waals surface area contributed by atoms with Gasteiger partial charge in [0, 0.05) is 36.2 Å². The third-order valence-electron chi connectivity index (χ3n) is 3.33. The van der Waals surface area contributed by atoms with E-state index in [1.807, 2.05) is 20.8 Å². The first-order valence-electron chi connectivity index (χ1n) is 7.39. The van der Waals surface area contributed by atoms with Gasteiger partial charge in [-0.3, -0.25) is 4.79 Å². The number of halogens is 2. The average Bonchev–Trinajstić information content (AvgIpc) is 2.44. The van der Waals surface area contributed by atoms with Crippen molar-refractivity contribution in [1.82, 2.24) is 9.80 Å². The molecule has 0 bridgehead atoms. The maximum absolute atomic E-state index is 13.4. The summed E-state index contributed by atoms with van der Waals surface area (Å²) >= 11 is 3.18. The van der Waals surface area contributed by atoms with E-state index >= 15 is 0 Å². The number of nitrogens with zero attached hydrogens (tertiary/aromatic N) is 2. The number of carbonyl (C=O) groups excluding carboxylic acids is 2. The van der Waals surface area contributed by atoms with Crippen LogP contribution in [0.5, 0.6) is 0 Å². The Hall–Kier alpha value is -1.63. The predicted octanol–water partition coefficient (Wildman–Crippen LogP) is 3.28. The van der Waals surface area contributed by atoms with Crippen LogP contribution >= 0.6 is 15.9 Å². The maximum atomic E-state index is 13.4. The van der Waals surface area contributed by atoms with Crippen LogP contribution in [0.1, 0.15) is 31.1 Å². The Morgan fingerprint density at radius 1 is 1.09 bits per heavy atom. The first kappa shape index (κ1) is 17.7. The third kappa shape index (κ3) is 4.92. The van der Waals surface area contributed by atoms with Gasteiger partial charge < -0.3 is 14.5 Å². The van der Waals surface area contributed by atoms with Gasteiger partial charge in [-0.05, 0) is 39.0 Å². The van der Waals surface area contributed by atoms with E-state index < -0.39 is 11.4 Å². The molecule has 0 spiro atoms. The summed E-state index contributed by atoms with van der Waals surface area (Å²) in [6, 6.07) is 4.11. The molecular formula is C16H20BrFN2O3. The second-order valence-electron chi connectivity index (χ2n) is 6.42. The molecule has 126 valence electrons. The summed E-state index contributed by atoms with van der Waals surface area (Å²) in [4.78, 5) is 27.6. The molecule has 0 aliphatic carbocycles. The fourth-order valence-electron chi connectivity index (χ4n) is 2.28. The molecule has 1 heterocycles. The van der Waals surface area contributed by atoms with Crippen LogP contribution in [0.15, 0.2) is 22.7 Å². The van der Waals surface area contributed by atoms with Crippen molar-refractivity contribution < 1.29 is 18.7 Å². The second-order valence-corrected chi connectivity index (χ2v) is 7.33. The largest absolute Gasteiger partial charge is 0.444 e. The van der Waals surface area contributed by atoms with Crippen LogP contribution in [0.4, 0.5) is 9.18 Å². The van der Waals surface area contributed by atoms with E-state index in [4.69, 9.17) is 4.74 Å². The number of carbonyl (C=O) groups is 2. The molecule has 1 aliphatic heterocycles. The number of hydrogen-bond acceptors (Lipinski definition) is 3. The first-order valence-corrected chi connectivity index (χ1v) is 8.18. The van der Waals surface area contributed by atoms with Crippen molar-refractivity contribution in [2.24, 2.45) is 0 Å². The van der Waals surface area contributed by atoms with Crippen molar-refractivity contribution in [2.45, 2.75) is 26.4 Å². The number of benzene rings is 1. The van der Waals surface area contributed by atoms with Gasteiger partial charge in [-0.25, -0.2) is 9.18 Å². The molecule has 2 amide bonds. The van der Waals surface area contributed by atoms with E-state index in [1.165, 1.54) is 12.1 Å². The molecule has 0 N–H and O–H groups in total. The fraction of sp³-hybridized carbons (Fsp3) is 0.500. The zero-order valence-corrected chi connectivity index (χ0v) is 15.0. The Morgan fingerprint density at radius 2 is 1.65 bits per heavy atom. The van der Waals surface area contributed by atoms with Gasteiger partial charge in [0.2, 0.25) is 0 Å². The lowest BCUT2D eigenvalue weighted by Gasteiger charge is -2.35. The summed E-state index contributed by atoms with van der Waals surface area (Å²) < 4.78 is 19.2.